The maximum absolute atomic E-state index is 13.6. The summed E-state index contributed by atoms with van der Waals surface area (Å²) in [6.45, 7) is 4.22. The molecule has 2 fully saturated rings. The topological polar surface area (TPSA) is 83.0 Å². The van der Waals surface area contributed by atoms with E-state index < -0.39 is 6.16 Å². The molecule has 6 rings (SSSR count). The first-order valence-electron chi connectivity index (χ1n) is 14.1. The van der Waals surface area contributed by atoms with E-state index in [0.717, 1.165) is 63.0 Å². The summed E-state index contributed by atoms with van der Waals surface area (Å²) in [6, 6.07) is 15.0. The molecule has 2 saturated heterocycles. The van der Waals surface area contributed by atoms with Crippen molar-refractivity contribution in [2.75, 3.05) is 37.6 Å². The lowest BCUT2D eigenvalue weighted by Crippen LogP contribution is -2.53. The first kappa shape index (κ1) is 27.8. The van der Waals surface area contributed by atoms with Crippen LogP contribution in [0.1, 0.15) is 47.2 Å². The van der Waals surface area contributed by atoms with Gasteiger partial charge >= 0.3 is 6.16 Å². The summed E-state index contributed by atoms with van der Waals surface area (Å²) in [6.07, 6.45) is 7.20. The summed E-state index contributed by atoms with van der Waals surface area (Å²) in [5.41, 5.74) is 4.72. The van der Waals surface area contributed by atoms with Crippen LogP contribution >= 0.6 is 23.2 Å². The number of carbonyl (C=O) groups is 2. The summed E-state index contributed by atoms with van der Waals surface area (Å²) in [5, 5.41) is 10.3. The number of nitrogens with zero attached hydrogens (tertiary/aromatic N) is 4. The third-order valence-electron chi connectivity index (χ3n) is 9.21. The fourth-order valence-electron chi connectivity index (χ4n) is 6.71. The number of quaternary nitrogens is 1. The van der Waals surface area contributed by atoms with E-state index in [1.165, 1.54) is 5.69 Å². The molecule has 41 heavy (non-hydrogen) atoms. The summed E-state index contributed by atoms with van der Waals surface area (Å²) in [4.78, 5) is 39.4. The lowest BCUT2D eigenvalue weighted by atomic mass is 9.71. The van der Waals surface area contributed by atoms with Gasteiger partial charge in [0.05, 0.1) is 10.0 Å². The Morgan fingerprint density at radius 1 is 0.878 bits per heavy atom. The van der Waals surface area contributed by atoms with E-state index in [4.69, 9.17) is 28.0 Å². The Labute approximate surface area is 249 Å². The van der Waals surface area contributed by atoms with Gasteiger partial charge in [-0.3, -0.25) is 9.78 Å². The molecule has 0 radical (unpaired) electrons. The zero-order chi connectivity index (χ0) is 28.6. The Bertz CT molecular complexity index is 1450. The van der Waals surface area contributed by atoms with Gasteiger partial charge in [0.2, 0.25) is 0 Å². The SMILES string of the molecule is O=C(O)O[N+]1(c2ccc(Cl)c(Cl)c2)CCc2ccc(C(=O)N3CCC4(CC3)CCN(c3ccncc3)CC4)cc2C1. The monoisotopic (exact) mass is 595 g/mol. The predicted molar refractivity (Wildman–Crippen MR) is 159 cm³/mol. The summed E-state index contributed by atoms with van der Waals surface area (Å²) < 4.78 is -0.264. The van der Waals surface area contributed by atoms with E-state index in [0.29, 0.717) is 39.7 Å². The number of anilines is 1. The number of hydrogen-bond donors (Lipinski definition) is 1. The number of halogens is 2. The van der Waals surface area contributed by atoms with Crippen molar-refractivity contribution in [2.24, 2.45) is 5.41 Å². The number of likely N-dealkylation sites (tertiary alicyclic amines) is 1. The zero-order valence-corrected chi connectivity index (χ0v) is 24.3. The van der Waals surface area contributed by atoms with Crippen molar-refractivity contribution in [3.8, 4) is 0 Å². The number of hydrogen-bond acceptors (Lipinski definition) is 5. The summed E-state index contributed by atoms with van der Waals surface area (Å²) >= 11 is 12.4. The second kappa shape index (κ2) is 11.2. The smallest absolute Gasteiger partial charge is 0.446 e. The molecule has 3 aliphatic rings. The minimum Gasteiger partial charge on any atom is -0.446 e. The van der Waals surface area contributed by atoms with Gasteiger partial charge < -0.3 is 14.9 Å². The fourth-order valence-corrected chi connectivity index (χ4v) is 7.00. The van der Waals surface area contributed by atoms with E-state index in [-0.39, 0.29) is 17.1 Å². The average molecular weight is 597 g/mol. The molecule has 1 unspecified atom stereocenters. The number of aromatic nitrogens is 1. The molecule has 8 nitrogen and oxygen atoms in total. The van der Waals surface area contributed by atoms with Gasteiger partial charge in [-0.2, -0.15) is 4.79 Å². The van der Waals surface area contributed by atoms with Crippen LogP contribution in [-0.2, 0) is 17.8 Å². The molecule has 1 N–H and O–H groups in total. The van der Waals surface area contributed by atoms with Crippen LogP contribution < -0.4 is 9.55 Å². The maximum Gasteiger partial charge on any atom is 0.557 e. The number of rotatable bonds is 4. The second-order valence-corrected chi connectivity index (χ2v) is 12.3. The molecular formula is C31H33Cl2N4O4+. The maximum atomic E-state index is 13.6. The van der Waals surface area contributed by atoms with Crippen molar-refractivity contribution >= 4 is 46.6 Å². The van der Waals surface area contributed by atoms with E-state index in [1.807, 2.05) is 35.5 Å². The van der Waals surface area contributed by atoms with Crippen LogP contribution in [0.4, 0.5) is 16.2 Å². The standard InChI is InChI=1S/C31H32Cl2N4O4/c32-27-4-3-26(20-28(27)33)37(41-30(39)40)18-7-22-1-2-23(19-24(22)21-37)29(38)36-16-10-31(11-17-36)8-14-35(15-9-31)25-5-12-34-13-6-25/h1-6,12-13,19-20H,7-11,14-18,21H2/p+1. The largest absolute Gasteiger partial charge is 0.557 e. The molecule has 10 heteroatoms. The molecular weight excluding hydrogens is 563 g/mol. The molecule has 4 heterocycles. The Balaban J connectivity index is 1.14. The Hall–Kier alpha value is -3.33. The van der Waals surface area contributed by atoms with E-state index in [2.05, 4.69) is 22.0 Å². The number of fused-ring (bicyclic) bond motifs is 1. The number of carbonyl (C=O) groups excluding carboxylic acids is 1. The minimum absolute atomic E-state index is 0.0224. The van der Waals surface area contributed by atoms with Crippen LogP contribution in [0.5, 0.6) is 0 Å². The van der Waals surface area contributed by atoms with Crippen molar-refractivity contribution in [3.05, 3.63) is 87.7 Å². The number of hydroxylamine groups is 2. The van der Waals surface area contributed by atoms with Crippen molar-refractivity contribution in [2.45, 2.75) is 38.6 Å². The highest BCUT2D eigenvalue weighted by atomic mass is 35.5. The van der Waals surface area contributed by atoms with Gasteiger partial charge in [0.1, 0.15) is 13.1 Å². The number of benzene rings is 2. The normalized spacial score (nSPS) is 21.8. The lowest BCUT2D eigenvalue weighted by molar-refractivity contribution is -0.119. The van der Waals surface area contributed by atoms with Gasteiger partial charge in [-0.05, 0) is 67.0 Å². The first-order chi connectivity index (χ1) is 19.8. The molecule has 2 aromatic carbocycles. The molecule has 0 aliphatic carbocycles. The van der Waals surface area contributed by atoms with Gasteiger partial charge in [-0.15, -0.1) is 0 Å². The van der Waals surface area contributed by atoms with E-state index >= 15 is 0 Å². The Kier molecular flexibility index (Phi) is 7.57. The molecule has 214 valence electrons. The van der Waals surface area contributed by atoms with Crippen LogP contribution in [0.25, 0.3) is 0 Å². The number of pyridine rings is 1. The first-order valence-corrected chi connectivity index (χ1v) is 14.8. The predicted octanol–water partition coefficient (Wildman–Crippen LogP) is 6.58. The van der Waals surface area contributed by atoms with E-state index in [1.54, 1.807) is 18.2 Å². The van der Waals surface area contributed by atoms with E-state index in [9.17, 15) is 14.7 Å². The highest BCUT2D eigenvalue weighted by Crippen LogP contribution is 2.42. The molecule has 1 spiro atoms. The molecule has 0 bridgehead atoms. The van der Waals surface area contributed by atoms with Crippen molar-refractivity contribution in [1.82, 2.24) is 14.5 Å². The molecule has 1 amide bonds. The highest BCUT2D eigenvalue weighted by Gasteiger charge is 2.42. The fraction of sp³-hybridized carbons (Fsp3) is 0.387. The van der Waals surface area contributed by atoms with Crippen molar-refractivity contribution < 1.29 is 19.5 Å². The van der Waals surface area contributed by atoms with Gasteiger partial charge in [-0.1, -0.05) is 33.9 Å². The molecule has 3 aliphatic heterocycles. The van der Waals surface area contributed by atoms with Crippen LogP contribution in [0.3, 0.4) is 0 Å². The Morgan fingerprint density at radius 3 is 2.27 bits per heavy atom. The second-order valence-electron chi connectivity index (χ2n) is 11.4. The highest BCUT2D eigenvalue weighted by molar-refractivity contribution is 6.42. The van der Waals surface area contributed by atoms with Crippen LogP contribution in [0, 0.1) is 5.41 Å². The number of amides is 1. The van der Waals surface area contributed by atoms with Crippen LogP contribution in [0.15, 0.2) is 60.9 Å². The quantitative estimate of drug-likeness (QED) is 0.343. The van der Waals surface area contributed by atoms with Crippen LogP contribution in [-0.4, -0.2) is 59.8 Å². The lowest BCUT2D eigenvalue weighted by Gasteiger charge is -2.47. The minimum atomic E-state index is -1.37. The third-order valence-corrected chi connectivity index (χ3v) is 9.95. The zero-order valence-electron chi connectivity index (χ0n) is 22.8. The summed E-state index contributed by atoms with van der Waals surface area (Å²) in [7, 11) is 0. The molecule has 0 saturated carbocycles. The molecule has 1 atom stereocenters. The van der Waals surface area contributed by atoms with Crippen molar-refractivity contribution in [1.29, 1.82) is 0 Å². The molecule has 1 aromatic heterocycles. The Morgan fingerprint density at radius 2 is 1.59 bits per heavy atom. The average Bonchev–Trinajstić information content (AvgIpc) is 2.99. The van der Waals surface area contributed by atoms with Crippen LogP contribution in [0.2, 0.25) is 10.0 Å². The van der Waals surface area contributed by atoms with Crippen molar-refractivity contribution in [3.63, 3.8) is 0 Å². The number of piperidine rings is 2. The summed E-state index contributed by atoms with van der Waals surface area (Å²) in [5.74, 6) is 0.0224. The third kappa shape index (κ3) is 5.61. The van der Waals surface area contributed by atoms with Gasteiger partial charge in [0.25, 0.3) is 5.91 Å². The van der Waals surface area contributed by atoms with Gasteiger partial charge in [0, 0.05) is 73.9 Å². The van der Waals surface area contributed by atoms with Gasteiger partial charge in [0.15, 0.2) is 5.69 Å². The molecule has 3 aromatic rings. The van der Waals surface area contributed by atoms with Gasteiger partial charge in [-0.25, -0.2) is 4.84 Å². The number of carboxylic acid groups (broad SMARTS) is 1.